The Balaban J connectivity index is 2.11. The molecule has 0 saturated carbocycles. The van der Waals surface area contributed by atoms with Crippen molar-refractivity contribution >= 4 is 11.6 Å². The Kier molecular flexibility index (Phi) is 5.16. The van der Waals surface area contributed by atoms with E-state index in [1.54, 1.807) is 0 Å². The molecular formula is C17H19ClFN. The summed E-state index contributed by atoms with van der Waals surface area (Å²) in [6, 6.07) is 14.9. The highest BCUT2D eigenvalue weighted by molar-refractivity contribution is 6.30. The number of halogens is 2. The molecule has 0 radical (unpaired) electrons. The molecule has 106 valence electrons. The molecule has 0 aromatic heterocycles. The molecule has 0 saturated heterocycles. The van der Waals surface area contributed by atoms with Gasteiger partial charge < -0.3 is 5.32 Å². The van der Waals surface area contributed by atoms with Gasteiger partial charge in [0.1, 0.15) is 5.82 Å². The molecule has 0 aliphatic heterocycles. The first-order chi connectivity index (χ1) is 9.60. The fourth-order valence-electron chi connectivity index (χ4n) is 2.32. The number of hydrogen-bond acceptors (Lipinski definition) is 1. The lowest BCUT2D eigenvalue weighted by Crippen LogP contribution is -2.24. The van der Waals surface area contributed by atoms with Crippen LogP contribution in [-0.4, -0.2) is 0 Å². The van der Waals surface area contributed by atoms with Crippen molar-refractivity contribution in [2.45, 2.75) is 32.4 Å². The number of rotatable bonds is 5. The zero-order valence-electron chi connectivity index (χ0n) is 11.7. The third-order valence-electron chi connectivity index (χ3n) is 3.48. The minimum absolute atomic E-state index is 0.152. The minimum atomic E-state index is -0.206. The van der Waals surface area contributed by atoms with Crippen molar-refractivity contribution in [2.75, 3.05) is 0 Å². The lowest BCUT2D eigenvalue weighted by molar-refractivity contribution is 0.456. The largest absolute Gasteiger partial charge is 0.303 e. The second kappa shape index (κ2) is 6.87. The van der Waals surface area contributed by atoms with Crippen LogP contribution < -0.4 is 5.32 Å². The molecule has 0 aliphatic carbocycles. The monoisotopic (exact) mass is 291 g/mol. The Hall–Kier alpha value is -1.38. The normalized spacial score (nSPS) is 14.0. The predicted molar refractivity (Wildman–Crippen MR) is 82.4 cm³/mol. The molecule has 0 heterocycles. The average molecular weight is 292 g/mol. The summed E-state index contributed by atoms with van der Waals surface area (Å²) in [4.78, 5) is 0. The molecule has 1 unspecified atom stereocenters. The van der Waals surface area contributed by atoms with Crippen LogP contribution in [0, 0.1) is 5.82 Å². The number of nitrogens with one attached hydrogen (secondary N) is 1. The molecule has 0 fully saturated rings. The van der Waals surface area contributed by atoms with Gasteiger partial charge >= 0.3 is 0 Å². The maximum absolute atomic E-state index is 13.0. The second-order valence-electron chi connectivity index (χ2n) is 4.96. The first kappa shape index (κ1) is 15.0. The van der Waals surface area contributed by atoms with Crippen molar-refractivity contribution in [3.05, 3.63) is 70.5 Å². The second-order valence-corrected chi connectivity index (χ2v) is 5.39. The lowest BCUT2D eigenvalue weighted by atomic mass is 10.0. The van der Waals surface area contributed by atoms with E-state index in [9.17, 15) is 4.39 Å². The predicted octanol–water partition coefficient (Wildman–Crippen LogP) is 5.28. The van der Waals surface area contributed by atoms with Crippen molar-refractivity contribution in [1.29, 1.82) is 0 Å². The van der Waals surface area contributed by atoms with Crippen molar-refractivity contribution in [3.8, 4) is 0 Å². The van der Waals surface area contributed by atoms with Gasteiger partial charge in [-0.2, -0.15) is 0 Å². The van der Waals surface area contributed by atoms with E-state index in [1.165, 1.54) is 17.7 Å². The lowest BCUT2D eigenvalue weighted by Gasteiger charge is -2.23. The van der Waals surface area contributed by atoms with Crippen molar-refractivity contribution in [2.24, 2.45) is 0 Å². The van der Waals surface area contributed by atoms with E-state index in [1.807, 2.05) is 30.3 Å². The topological polar surface area (TPSA) is 12.0 Å². The van der Waals surface area contributed by atoms with Crippen LogP contribution in [0.1, 0.15) is 43.5 Å². The van der Waals surface area contributed by atoms with Crippen LogP contribution in [0.5, 0.6) is 0 Å². The third kappa shape index (κ3) is 3.81. The van der Waals surface area contributed by atoms with Gasteiger partial charge in [0.05, 0.1) is 0 Å². The molecule has 2 aromatic rings. The zero-order valence-corrected chi connectivity index (χ0v) is 12.5. The van der Waals surface area contributed by atoms with Crippen LogP contribution >= 0.6 is 11.6 Å². The van der Waals surface area contributed by atoms with Gasteiger partial charge in [-0.05, 0) is 48.7 Å². The molecule has 0 bridgehead atoms. The van der Waals surface area contributed by atoms with E-state index >= 15 is 0 Å². The van der Waals surface area contributed by atoms with Gasteiger partial charge in [-0.1, -0.05) is 42.8 Å². The molecule has 2 aromatic carbocycles. The Labute approximate surface area is 124 Å². The van der Waals surface area contributed by atoms with E-state index < -0.39 is 0 Å². The Morgan fingerprint density at radius 3 is 2.40 bits per heavy atom. The first-order valence-electron chi connectivity index (χ1n) is 6.87. The smallest absolute Gasteiger partial charge is 0.123 e. The molecule has 1 nitrogen and oxygen atoms in total. The summed E-state index contributed by atoms with van der Waals surface area (Å²) < 4.78 is 13.0. The van der Waals surface area contributed by atoms with Gasteiger partial charge in [-0.15, -0.1) is 0 Å². The van der Waals surface area contributed by atoms with E-state index in [2.05, 4.69) is 25.2 Å². The fourth-order valence-corrected chi connectivity index (χ4v) is 2.52. The van der Waals surface area contributed by atoms with Crippen molar-refractivity contribution < 1.29 is 4.39 Å². The van der Waals surface area contributed by atoms with Crippen LogP contribution in [0.15, 0.2) is 48.5 Å². The quantitative estimate of drug-likeness (QED) is 0.790. The van der Waals surface area contributed by atoms with E-state index in [4.69, 9.17) is 11.6 Å². The van der Waals surface area contributed by atoms with Gasteiger partial charge in [0.15, 0.2) is 0 Å². The van der Waals surface area contributed by atoms with E-state index in [0.29, 0.717) is 0 Å². The average Bonchev–Trinajstić information content (AvgIpc) is 2.45. The summed E-state index contributed by atoms with van der Waals surface area (Å²) in [7, 11) is 0. The van der Waals surface area contributed by atoms with Crippen molar-refractivity contribution in [3.63, 3.8) is 0 Å². The Morgan fingerprint density at radius 1 is 1.10 bits per heavy atom. The molecule has 2 rings (SSSR count). The number of benzene rings is 2. The molecule has 3 heteroatoms. The van der Waals surface area contributed by atoms with Gasteiger partial charge in [-0.25, -0.2) is 4.39 Å². The number of hydrogen-bond donors (Lipinski definition) is 1. The standard InChI is InChI=1S/C17H19ClFN/c1-3-17(14-5-4-6-15(18)11-14)20-12(2)13-7-9-16(19)10-8-13/h4-12,17,20H,3H2,1-2H3/t12-,17?/m1/s1. The minimum Gasteiger partial charge on any atom is -0.303 e. The molecule has 20 heavy (non-hydrogen) atoms. The maximum Gasteiger partial charge on any atom is 0.123 e. The molecule has 2 atom stereocenters. The summed E-state index contributed by atoms with van der Waals surface area (Å²) in [6.07, 6.45) is 0.964. The van der Waals surface area contributed by atoms with Gasteiger partial charge in [0.2, 0.25) is 0 Å². The Morgan fingerprint density at radius 2 is 1.80 bits per heavy atom. The van der Waals surface area contributed by atoms with E-state index in [0.717, 1.165) is 17.0 Å². The molecule has 0 aliphatic rings. The summed E-state index contributed by atoms with van der Waals surface area (Å²) in [5.41, 5.74) is 2.25. The summed E-state index contributed by atoms with van der Waals surface area (Å²) >= 11 is 6.05. The zero-order chi connectivity index (χ0) is 14.5. The highest BCUT2D eigenvalue weighted by Crippen LogP contribution is 2.24. The van der Waals surface area contributed by atoms with Crippen LogP contribution in [0.25, 0.3) is 0 Å². The fraction of sp³-hybridized carbons (Fsp3) is 0.294. The maximum atomic E-state index is 13.0. The SMILES string of the molecule is CCC(N[C@H](C)c1ccc(F)cc1)c1cccc(Cl)c1. The summed E-state index contributed by atoms with van der Waals surface area (Å²) in [5.74, 6) is -0.206. The van der Waals surface area contributed by atoms with Gasteiger partial charge in [0.25, 0.3) is 0 Å². The summed E-state index contributed by atoms with van der Waals surface area (Å²) in [5, 5.41) is 4.31. The van der Waals surface area contributed by atoms with Gasteiger partial charge in [-0.3, -0.25) is 0 Å². The molecule has 0 amide bonds. The van der Waals surface area contributed by atoms with Crippen molar-refractivity contribution in [1.82, 2.24) is 5.32 Å². The molecular weight excluding hydrogens is 273 g/mol. The van der Waals surface area contributed by atoms with Gasteiger partial charge in [0, 0.05) is 17.1 Å². The van der Waals surface area contributed by atoms with Crippen LogP contribution in [0.4, 0.5) is 4.39 Å². The first-order valence-corrected chi connectivity index (χ1v) is 7.25. The third-order valence-corrected chi connectivity index (χ3v) is 3.72. The highest BCUT2D eigenvalue weighted by Gasteiger charge is 2.14. The molecule has 0 spiro atoms. The molecule has 1 N–H and O–H groups in total. The van der Waals surface area contributed by atoms with E-state index in [-0.39, 0.29) is 17.9 Å². The van der Waals surface area contributed by atoms with Crippen LogP contribution in [0.2, 0.25) is 5.02 Å². The highest BCUT2D eigenvalue weighted by atomic mass is 35.5. The summed E-state index contributed by atoms with van der Waals surface area (Å²) in [6.45, 7) is 4.22. The Bertz CT molecular complexity index is 553. The van der Waals surface area contributed by atoms with Crippen LogP contribution in [-0.2, 0) is 0 Å². The van der Waals surface area contributed by atoms with Crippen LogP contribution in [0.3, 0.4) is 0 Å².